The normalized spacial score (nSPS) is 19.9. The minimum atomic E-state index is 0.411. The highest BCUT2D eigenvalue weighted by molar-refractivity contribution is 5.13. The summed E-state index contributed by atoms with van der Waals surface area (Å²) in [4.78, 5) is 6.64. The second-order valence-electron chi connectivity index (χ2n) is 5.52. The van der Waals surface area contributed by atoms with Gasteiger partial charge in [0.2, 0.25) is 0 Å². The fourth-order valence-corrected chi connectivity index (χ4v) is 2.62. The zero-order valence-corrected chi connectivity index (χ0v) is 11.6. The molecular formula is C15H25N3. The summed E-state index contributed by atoms with van der Waals surface area (Å²) in [7, 11) is 0. The zero-order chi connectivity index (χ0) is 12.8. The van der Waals surface area contributed by atoms with Crippen LogP contribution in [0.15, 0.2) is 24.5 Å². The molecule has 2 rings (SSSR count). The van der Waals surface area contributed by atoms with Crippen molar-refractivity contribution in [2.75, 3.05) is 26.2 Å². The molecule has 0 amide bonds. The molecule has 1 aromatic heterocycles. The van der Waals surface area contributed by atoms with E-state index in [1.165, 1.54) is 38.0 Å². The van der Waals surface area contributed by atoms with Crippen LogP contribution in [0.3, 0.4) is 0 Å². The maximum atomic E-state index is 4.06. The Morgan fingerprint density at radius 2 is 1.89 bits per heavy atom. The lowest BCUT2D eigenvalue weighted by Gasteiger charge is -2.22. The van der Waals surface area contributed by atoms with E-state index in [0.717, 1.165) is 6.54 Å². The van der Waals surface area contributed by atoms with E-state index < -0.39 is 0 Å². The highest BCUT2D eigenvalue weighted by Gasteiger charge is 2.15. The van der Waals surface area contributed by atoms with E-state index in [4.69, 9.17) is 0 Å². The van der Waals surface area contributed by atoms with Crippen molar-refractivity contribution in [2.24, 2.45) is 5.92 Å². The van der Waals surface area contributed by atoms with Crippen LogP contribution in [-0.2, 0) is 0 Å². The number of nitrogens with zero attached hydrogens (tertiary/aromatic N) is 2. The lowest BCUT2D eigenvalue weighted by atomic mass is 10.1. The average Bonchev–Trinajstić information content (AvgIpc) is 2.90. The van der Waals surface area contributed by atoms with E-state index in [1.807, 2.05) is 12.4 Å². The van der Waals surface area contributed by atoms with Gasteiger partial charge in [-0.1, -0.05) is 6.92 Å². The van der Waals surface area contributed by atoms with Gasteiger partial charge in [-0.15, -0.1) is 0 Å². The van der Waals surface area contributed by atoms with Crippen LogP contribution in [0.25, 0.3) is 0 Å². The molecule has 0 aromatic carbocycles. The van der Waals surface area contributed by atoms with E-state index in [0.29, 0.717) is 12.0 Å². The van der Waals surface area contributed by atoms with Crippen LogP contribution < -0.4 is 5.32 Å². The third-order valence-corrected chi connectivity index (χ3v) is 3.75. The Bertz CT molecular complexity index is 333. The predicted molar refractivity (Wildman–Crippen MR) is 75.5 cm³/mol. The van der Waals surface area contributed by atoms with Crippen molar-refractivity contribution in [2.45, 2.75) is 32.7 Å². The van der Waals surface area contributed by atoms with Gasteiger partial charge in [-0.05, 0) is 63.0 Å². The molecule has 1 aliphatic rings. The maximum Gasteiger partial charge on any atom is 0.0293 e. The van der Waals surface area contributed by atoms with Crippen molar-refractivity contribution in [1.29, 1.82) is 0 Å². The van der Waals surface area contributed by atoms with Crippen molar-refractivity contribution >= 4 is 0 Å². The van der Waals surface area contributed by atoms with Crippen LogP contribution in [0.1, 0.15) is 38.3 Å². The van der Waals surface area contributed by atoms with E-state index >= 15 is 0 Å². The molecule has 2 unspecified atom stereocenters. The van der Waals surface area contributed by atoms with Gasteiger partial charge < -0.3 is 10.2 Å². The highest BCUT2D eigenvalue weighted by atomic mass is 15.1. The number of nitrogens with one attached hydrogen (secondary N) is 1. The number of pyridine rings is 1. The topological polar surface area (TPSA) is 28.2 Å². The molecule has 0 radical (unpaired) electrons. The number of hydrogen-bond acceptors (Lipinski definition) is 3. The standard InChI is InChI=1S/C15H25N3/c1-13(12-18-9-3-4-10-18)11-17-14(2)15-5-7-16-8-6-15/h5-8,13-14,17H,3-4,9-12H2,1-2H3. The molecular weight excluding hydrogens is 222 g/mol. The second-order valence-corrected chi connectivity index (χ2v) is 5.52. The second kappa shape index (κ2) is 6.86. The number of rotatable bonds is 6. The number of hydrogen-bond donors (Lipinski definition) is 1. The molecule has 1 aromatic rings. The molecule has 1 fully saturated rings. The average molecular weight is 247 g/mol. The molecule has 0 aliphatic carbocycles. The Morgan fingerprint density at radius 1 is 1.22 bits per heavy atom. The summed E-state index contributed by atoms with van der Waals surface area (Å²) in [6, 6.07) is 4.58. The van der Waals surface area contributed by atoms with Gasteiger partial charge >= 0.3 is 0 Å². The van der Waals surface area contributed by atoms with Crippen LogP contribution >= 0.6 is 0 Å². The number of aromatic nitrogens is 1. The third-order valence-electron chi connectivity index (χ3n) is 3.75. The summed E-state index contributed by atoms with van der Waals surface area (Å²) in [5.74, 6) is 0.715. The smallest absolute Gasteiger partial charge is 0.0293 e. The fourth-order valence-electron chi connectivity index (χ4n) is 2.62. The molecule has 0 bridgehead atoms. The first-order valence-electron chi connectivity index (χ1n) is 7.11. The summed E-state index contributed by atoms with van der Waals surface area (Å²) in [6.45, 7) is 9.47. The van der Waals surface area contributed by atoms with Gasteiger partial charge in [-0.3, -0.25) is 4.98 Å². The molecule has 100 valence electrons. The molecule has 18 heavy (non-hydrogen) atoms. The molecule has 1 saturated heterocycles. The van der Waals surface area contributed by atoms with Gasteiger partial charge in [0.15, 0.2) is 0 Å². The minimum absolute atomic E-state index is 0.411. The van der Waals surface area contributed by atoms with Crippen LogP contribution in [0.4, 0.5) is 0 Å². The van der Waals surface area contributed by atoms with Gasteiger partial charge in [0.1, 0.15) is 0 Å². The maximum absolute atomic E-state index is 4.06. The Hall–Kier alpha value is -0.930. The Balaban J connectivity index is 1.70. The molecule has 3 nitrogen and oxygen atoms in total. The molecule has 2 heterocycles. The summed E-state index contributed by atoms with van der Waals surface area (Å²) in [5.41, 5.74) is 1.32. The Kier molecular flexibility index (Phi) is 5.14. The van der Waals surface area contributed by atoms with Crippen LogP contribution in [0, 0.1) is 5.92 Å². The van der Waals surface area contributed by atoms with E-state index in [2.05, 4.69) is 41.2 Å². The SMILES string of the molecule is CC(CNC(C)c1ccncc1)CN1CCCC1. The summed E-state index contributed by atoms with van der Waals surface area (Å²) in [5, 5.41) is 3.62. The van der Waals surface area contributed by atoms with Crippen molar-refractivity contribution in [3.8, 4) is 0 Å². The lowest BCUT2D eigenvalue weighted by molar-refractivity contribution is 0.279. The zero-order valence-electron chi connectivity index (χ0n) is 11.6. The van der Waals surface area contributed by atoms with E-state index in [-0.39, 0.29) is 0 Å². The molecule has 3 heteroatoms. The van der Waals surface area contributed by atoms with Gasteiger partial charge in [0.05, 0.1) is 0 Å². The van der Waals surface area contributed by atoms with Gasteiger partial charge in [-0.25, -0.2) is 0 Å². The van der Waals surface area contributed by atoms with Crippen LogP contribution in [0.5, 0.6) is 0 Å². The predicted octanol–water partition coefficient (Wildman–Crippen LogP) is 2.46. The summed E-state index contributed by atoms with van der Waals surface area (Å²) >= 11 is 0. The third kappa shape index (κ3) is 4.07. The van der Waals surface area contributed by atoms with Gasteiger partial charge in [-0.2, -0.15) is 0 Å². The number of likely N-dealkylation sites (tertiary alicyclic amines) is 1. The summed E-state index contributed by atoms with van der Waals surface area (Å²) in [6.07, 6.45) is 6.49. The Labute approximate surface area is 111 Å². The first-order chi connectivity index (χ1) is 8.75. The Morgan fingerprint density at radius 3 is 2.56 bits per heavy atom. The largest absolute Gasteiger partial charge is 0.310 e. The van der Waals surface area contributed by atoms with Crippen molar-refractivity contribution in [1.82, 2.24) is 15.2 Å². The first-order valence-corrected chi connectivity index (χ1v) is 7.11. The van der Waals surface area contributed by atoms with Crippen molar-refractivity contribution < 1.29 is 0 Å². The van der Waals surface area contributed by atoms with Crippen molar-refractivity contribution in [3.05, 3.63) is 30.1 Å². The monoisotopic (exact) mass is 247 g/mol. The molecule has 0 spiro atoms. The molecule has 1 aliphatic heterocycles. The molecule has 2 atom stereocenters. The quantitative estimate of drug-likeness (QED) is 0.837. The molecule has 1 N–H and O–H groups in total. The van der Waals surface area contributed by atoms with Gasteiger partial charge in [0, 0.05) is 25.0 Å². The molecule has 0 saturated carbocycles. The van der Waals surface area contributed by atoms with Crippen LogP contribution in [0.2, 0.25) is 0 Å². The fraction of sp³-hybridized carbons (Fsp3) is 0.667. The summed E-state index contributed by atoms with van der Waals surface area (Å²) < 4.78 is 0. The van der Waals surface area contributed by atoms with Gasteiger partial charge in [0.25, 0.3) is 0 Å². The highest BCUT2D eigenvalue weighted by Crippen LogP contribution is 2.13. The van der Waals surface area contributed by atoms with E-state index in [1.54, 1.807) is 0 Å². The first kappa shape index (κ1) is 13.5. The van der Waals surface area contributed by atoms with Crippen LogP contribution in [-0.4, -0.2) is 36.1 Å². The lowest BCUT2D eigenvalue weighted by Crippen LogP contribution is -2.32. The van der Waals surface area contributed by atoms with E-state index in [9.17, 15) is 0 Å². The van der Waals surface area contributed by atoms with Crippen molar-refractivity contribution in [3.63, 3.8) is 0 Å². The minimum Gasteiger partial charge on any atom is -0.310 e.